The summed E-state index contributed by atoms with van der Waals surface area (Å²) < 4.78 is 0. The molecule has 2 rings (SSSR count). The van der Waals surface area contributed by atoms with Crippen LogP contribution in [-0.4, -0.2) is 60.5 Å². The summed E-state index contributed by atoms with van der Waals surface area (Å²) in [5.74, 6) is 1.79. The molecule has 116 valence electrons. The van der Waals surface area contributed by atoms with Gasteiger partial charge in [-0.3, -0.25) is 4.79 Å². The van der Waals surface area contributed by atoms with E-state index in [1.165, 1.54) is 12.3 Å². The number of nitrogens with one attached hydrogen (secondary N) is 2. The van der Waals surface area contributed by atoms with E-state index in [9.17, 15) is 4.79 Å². The lowest BCUT2D eigenvalue weighted by Crippen LogP contribution is -2.40. The standard InChI is InChI=1S/C15H24N4OS/c1-16-15(20)13-4-3-7-17-14(13)18-12-5-8-19(9-6-12)10-11-21-2/h3-4,7,12H,5-6,8-11H2,1-2H3,(H,16,20)(H,17,18). The van der Waals surface area contributed by atoms with Crippen LogP contribution >= 0.6 is 11.8 Å². The van der Waals surface area contributed by atoms with Crippen molar-refractivity contribution in [2.45, 2.75) is 18.9 Å². The van der Waals surface area contributed by atoms with Crippen LogP contribution in [0.3, 0.4) is 0 Å². The molecule has 6 heteroatoms. The Kier molecular flexibility index (Phi) is 6.32. The molecule has 1 fully saturated rings. The van der Waals surface area contributed by atoms with Crippen molar-refractivity contribution in [3.63, 3.8) is 0 Å². The smallest absolute Gasteiger partial charge is 0.254 e. The van der Waals surface area contributed by atoms with E-state index in [0.29, 0.717) is 17.4 Å². The van der Waals surface area contributed by atoms with Crippen LogP contribution in [0.15, 0.2) is 18.3 Å². The second-order valence-corrected chi connectivity index (χ2v) is 6.22. The summed E-state index contributed by atoms with van der Waals surface area (Å²) in [4.78, 5) is 18.7. The predicted molar refractivity (Wildman–Crippen MR) is 89.1 cm³/mol. The highest BCUT2D eigenvalue weighted by atomic mass is 32.2. The van der Waals surface area contributed by atoms with E-state index in [0.717, 1.165) is 25.9 Å². The fourth-order valence-corrected chi connectivity index (χ4v) is 2.99. The van der Waals surface area contributed by atoms with Gasteiger partial charge in [0.05, 0.1) is 5.56 Å². The van der Waals surface area contributed by atoms with Gasteiger partial charge in [0.15, 0.2) is 0 Å². The van der Waals surface area contributed by atoms with Crippen molar-refractivity contribution in [3.8, 4) is 0 Å². The van der Waals surface area contributed by atoms with Gasteiger partial charge >= 0.3 is 0 Å². The SMILES string of the molecule is CNC(=O)c1cccnc1NC1CCN(CCSC)CC1. The van der Waals surface area contributed by atoms with E-state index < -0.39 is 0 Å². The Hall–Kier alpha value is -1.27. The molecular formula is C15H24N4OS. The number of carbonyl (C=O) groups is 1. The summed E-state index contributed by atoms with van der Waals surface area (Å²) >= 11 is 1.89. The van der Waals surface area contributed by atoms with Crippen molar-refractivity contribution in [1.29, 1.82) is 0 Å². The van der Waals surface area contributed by atoms with Crippen LogP contribution in [0.5, 0.6) is 0 Å². The Morgan fingerprint density at radius 1 is 1.48 bits per heavy atom. The molecule has 1 amide bonds. The maximum absolute atomic E-state index is 11.8. The van der Waals surface area contributed by atoms with Crippen LogP contribution in [0.1, 0.15) is 23.2 Å². The van der Waals surface area contributed by atoms with Gasteiger partial charge in [0.1, 0.15) is 5.82 Å². The molecule has 0 radical (unpaired) electrons. The van der Waals surface area contributed by atoms with Crippen molar-refractivity contribution < 1.29 is 4.79 Å². The molecule has 0 unspecified atom stereocenters. The fraction of sp³-hybridized carbons (Fsp3) is 0.600. The van der Waals surface area contributed by atoms with Gasteiger partial charge in [-0.05, 0) is 31.2 Å². The number of pyridine rings is 1. The zero-order valence-electron chi connectivity index (χ0n) is 12.8. The zero-order valence-corrected chi connectivity index (χ0v) is 13.6. The number of amides is 1. The Morgan fingerprint density at radius 3 is 2.90 bits per heavy atom. The summed E-state index contributed by atoms with van der Waals surface area (Å²) in [6.45, 7) is 3.39. The van der Waals surface area contributed by atoms with Gasteiger partial charge in [-0.2, -0.15) is 11.8 Å². The Bertz CT molecular complexity index is 461. The number of piperidine rings is 1. The van der Waals surface area contributed by atoms with E-state index in [1.807, 2.05) is 17.8 Å². The number of hydrogen-bond donors (Lipinski definition) is 2. The van der Waals surface area contributed by atoms with Gasteiger partial charge in [-0.15, -0.1) is 0 Å². The van der Waals surface area contributed by atoms with E-state index in [1.54, 1.807) is 19.3 Å². The first-order valence-corrected chi connectivity index (χ1v) is 8.79. The number of rotatable bonds is 6. The maximum atomic E-state index is 11.8. The molecule has 1 saturated heterocycles. The molecular weight excluding hydrogens is 284 g/mol. The molecule has 2 N–H and O–H groups in total. The van der Waals surface area contributed by atoms with Gasteiger partial charge < -0.3 is 15.5 Å². The summed E-state index contributed by atoms with van der Waals surface area (Å²) in [5.41, 5.74) is 0.616. The third-order valence-corrected chi connectivity index (χ3v) is 4.41. The Morgan fingerprint density at radius 2 is 2.24 bits per heavy atom. The van der Waals surface area contributed by atoms with Crippen LogP contribution in [0.4, 0.5) is 5.82 Å². The summed E-state index contributed by atoms with van der Waals surface area (Å²) in [6.07, 6.45) is 6.06. The van der Waals surface area contributed by atoms with Crippen LogP contribution in [0.2, 0.25) is 0 Å². The van der Waals surface area contributed by atoms with Gasteiger partial charge in [-0.25, -0.2) is 4.98 Å². The van der Waals surface area contributed by atoms with Crippen LogP contribution in [0, 0.1) is 0 Å². The minimum Gasteiger partial charge on any atom is -0.367 e. The Labute approximate surface area is 130 Å². The second kappa shape index (κ2) is 8.24. The number of thioether (sulfide) groups is 1. The number of aromatic nitrogens is 1. The minimum atomic E-state index is -0.0944. The summed E-state index contributed by atoms with van der Waals surface area (Å²) in [6, 6.07) is 4.00. The molecule has 1 aliphatic heterocycles. The lowest BCUT2D eigenvalue weighted by molar-refractivity contribution is 0.0963. The largest absolute Gasteiger partial charge is 0.367 e. The first-order chi connectivity index (χ1) is 10.2. The van der Waals surface area contributed by atoms with Crippen molar-refractivity contribution in [2.75, 3.05) is 44.0 Å². The molecule has 0 spiro atoms. The van der Waals surface area contributed by atoms with E-state index in [4.69, 9.17) is 0 Å². The topological polar surface area (TPSA) is 57.3 Å². The lowest BCUT2D eigenvalue weighted by Gasteiger charge is -2.32. The molecule has 5 nitrogen and oxygen atoms in total. The van der Waals surface area contributed by atoms with Crippen molar-refractivity contribution in [3.05, 3.63) is 23.9 Å². The first-order valence-electron chi connectivity index (χ1n) is 7.39. The van der Waals surface area contributed by atoms with E-state index in [2.05, 4.69) is 26.8 Å². The van der Waals surface area contributed by atoms with Crippen molar-refractivity contribution in [1.82, 2.24) is 15.2 Å². The van der Waals surface area contributed by atoms with Gasteiger partial charge in [-0.1, -0.05) is 0 Å². The van der Waals surface area contributed by atoms with Gasteiger partial charge in [0, 0.05) is 44.7 Å². The fourth-order valence-electron chi connectivity index (χ4n) is 2.55. The normalized spacial score (nSPS) is 16.7. The van der Waals surface area contributed by atoms with E-state index in [-0.39, 0.29) is 5.91 Å². The van der Waals surface area contributed by atoms with Crippen LogP contribution in [0.25, 0.3) is 0 Å². The maximum Gasteiger partial charge on any atom is 0.254 e. The molecule has 0 saturated carbocycles. The molecule has 0 bridgehead atoms. The number of carbonyl (C=O) groups excluding carboxylic acids is 1. The molecule has 1 aliphatic rings. The molecule has 0 aliphatic carbocycles. The molecule has 0 aromatic carbocycles. The van der Waals surface area contributed by atoms with Crippen LogP contribution < -0.4 is 10.6 Å². The lowest BCUT2D eigenvalue weighted by atomic mass is 10.0. The van der Waals surface area contributed by atoms with E-state index >= 15 is 0 Å². The predicted octanol–water partition coefficient (Wildman–Crippen LogP) is 1.68. The van der Waals surface area contributed by atoms with Crippen molar-refractivity contribution >= 4 is 23.5 Å². The number of hydrogen-bond acceptors (Lipinski definition) is 5. The van der Waals surface area contributed by atoms with Crippen molar-refractivity contribution in [2.24, 2.45) is 0 Å². The third-order valence-electron chi connectivity index (χ3n) is 3.82. The number of nitrogens with zero attached hydrogens (tertiary/aromatic N) is 2. The number of likely N-dealkylation sites (tertiary alicyclic amines) is 1. The number of anilines is 1. The second-order valence-electron chi connectivity index (χ2n) is 5.23. The summed E-state index contributed by atoms with van der Waals surface area (Å²) in [5, 5.41) is 6.10. The third kappa shape index (κ3) is 4.61. The minimum absolute atomic E-state index is 0.0944. The van der Waals surface area contributed by atoms with Gasteiger partial charge in [0.25, 0.3) is 5.91 Å². The highest BCUT2D eigenvalue weighted by Crippen LogP contribution is 2.18. The highest BCUT2D eigenvalue weighted by molar-refractivity contribution is 7.98. The average molecular weight is 308 g/mol. The quantitative estimate of drug-likeness (QED) is 0.837. The first kappa shape index (κ1) is 16.1. The average Bonchev–Trinajstić information content (AvgIpc) is 2.54. The molecule has 1 aromatic rings. The zero-order chi connectivity index (χ0) is 15.1. The van der Waals surface area contributed by atoms with Gasteiger partial charge in [0.2, 0.25) is 0 Å². The Balaban J connectivity index is 1.90. The molecule has 2 heterocycles. The monoisotopic (exact) mass is 308 g/mol. The summed E-state index contributed by atoms with van der Waals surface area (Å²) in [7, 11) is 1.64. The molecule has 0 atom stereocenters. The van der Waals surface area contributed by atoms with Crippen LogP contribution in [-0.2, 0) is 0 Å². The molecule has 1 aromatic heterocycles. The molecule has 21 heavy (non-hydrogen) atoms. The highest BCUT2D eigenvalue weighted by Gasteiger charge is 2.20.